The lowest BCUT2D eigenvalue weighted by Crippen LogP contribution is -2.27. The fourth-order valence-electron chi connectivity index (χ4n) is 2.39. The molecule has 0 unspecified atom stereocenters. The maximum absolute atomic E-state index is 12.1. The lowest BCUT2D eigenvalue weighted by atomic mass is 10.1. The van der Waals surface area contributed by atoms with Gasteiger partial charge < -0.3 is 15.4 Å². The van der Waals surface area contributed by atoms with Gasteiger partial charge in [0.25, 0.3) is 5.91 Å². The molecule has 26 heavy (non-hydrogen) atoms. The van der Waals surface area contributed by atoms with Gasteiger partial charge in [0.15, 0.2) is 0 Å². The largest absolute Gasteiger partial charge is 0.497 e. The predicted molar refractivity (Wildman–Crippen MR) is 102 cm³/mol. The zero-order valence-electron chi connectivity index (χ0n) is 14.9. The van der Waals surface area contributed by atoms with Crippen LogP contribution in [0.4, 0.5) is 0 Å². The van der Waals surface area contributed by atoms with Crippen LogP contribution in [0.5, 0.6) is 5.75 Å². The third-order valence-electron chi connectivity index (χ3n) is 3.87. The van der Waals surface area contributed by atoms with E-state index in [9.17, 15) is 4.79 Å². The molecule has 2 aromatic carbocycles. The van der Waals surface area contributed by atoms with Gasteiger partial charge in [-0.3, -0.25) is 4.79 Å². The molecule has 5 nitrogen and oxygen atoms in total. The number of rotatable bonds is 9. The van der Waals surface area contributed by atoms with E-state index in [1.54, 1.807) is 7.11 Å². The molecular weight excluding hydrogens is 326 g/mol. The Morgan fingerprint density at radius 1 is 1.04 bits per heavy atom. The van der Waals surface area contributed by atoms with Crippen LogP contribution in [-0.2, 0) is 17.6 Å². The maximum Gasteiger partial charge on any atom is 0.263 e. The van der Waals surface area contributed by atoms with Crippen molar-refractivity contribution >= 4 is 5.91 Å². The third-order valence-corrected chi connectivity index (χ3v) is 3.87. The van der Waals surface area contributed by atoms with Crippen LogP contribution in [0.2, 0.25) is 0 Å². The van der Waals surface area contributed by atoms with Crippen LogP contribution in [0.25, 0.3) is 0 Å². The van der Waals surface area contributed by atoms with Crippen molar-refractivity contribution < 1.29 is 9.53 Å². The Balaban J connectivity index is 1.73. The van der Waals surface area contributed by atoms with Gasteiger partial charge in [0, 0.05) is 19.3 Å². The number of nitriles is 1. The highest BCUT2D eigenvalue weighted by atomic mass is 16.5. The van der Waals surface area contributed by atoms with Gasteiger partial charge in [0.2, 0.25) is 0 Å². The van der Waals surface area contributed by atoms with Crippen LogP contribution in [0.15, 0.2) is 66.4 Å². The average Bonchev–Trinajstić information content (AvgIpc) is 2.69. The first-order valence-electron chi connectivity index (χ1n) is 8.51. The van der Waals surface area contributed by atoms with E-state index in [4.69, 9.17) is 10.00 Å². The molecule has 0 saturated carbocycles. The molecule has 2 N–H and O–H groups in total. The molecule has 2 rings (SSSR count). The quantitative estimate of drug-likeness (QED) is 0.415. The van der Waals surface area contributed by atoms with E-state index in [1.807, 2.05) is 60.7 Å². The molecule has 2 aromatic rings. The number of carbonyl (C=O) groups excluding carboxylic acids is 1. The van der Waals surface area contributed by atoms with Crippen LogP contribution in [0, 0.1) is 11.3 Å². The smallest absolute Gasteiger partial charge is 0.263 e. The van der Waals surface area contributed by atoms with Crippen molar-refractivity contribution in [2.75, 3.05) is 20.2 Å². The second kappa shape index (κ2) is 10.6. The van der Waals surface area contributed by atoms with Crippen LogP contribution < -0.4 is 15.4 Å². The highest BCUT2D eigenvalue weighted by Gasteiger charge is 2.07. The molecule has 0 bridgehead atoms. The van der Waals surface area contributed by atoms with Crippen molar-refractivity contribution in [2.24, 2.45) is 0 Å². The number of ether oxygens (including phenoxy) is 1. The normalized spacial score (nSPS) is 10.7. The van der Waals surface area contributed by atoms with Gasteiger partial charge in [0.1, 0.15) is 17.4 Å². The lowest BCUT2D eigenvalue weighted by molar-refractivity contribution is -0.117. The van der Waals surface area contributed by atoms with Crippen LogP contribution in [0.3, 0.4) is 0 Å². The number of carbonyl (C=O) groups is 1. The highest BCUT2D eigenvalue weighted by Crippen LogP contribution is 2.11. The number of nitrogens with one attached hydrogen (secondary N) is 2. The van der Waals surface area contributed by atoms with Crippen molar-refractivity contribution in [1.82, 2.24) is 10.6 Å². The first-order valence-corrected chi connectivity index (χ1v) is 8.51. The summed E-state index contributed by atoms with van der Waals surface area (Å²) in [4.78, 5) is 12.1. The van der Waals surface area contributed by atoms with Gasteiger partial charge in [-0.1, -0.05) is 42.5 Å². The van der Waals surface area contributed by atoms with E-state index in [1.165, 1.54) is 11.8 Å². The van der Waals surface area contributed by atoms with Gasteiger partial charge in [0.05, 0.1) is 7.11 Å². The van der Waals surface area contributed by atoms with Gasteiger partial charge >= 0.3 is 0 Å². The summed E-state index contributed by atoms with van der Waals surface area (Å²) in [6, 6.07) is 19.6. The van der Waals surface area contributed by atoms with Gasteiger partial charge in [-0.25, -0.2) is 0 Å². The van der Waals surface area contributed by atoms with E-state index in [0.717, 1.165) is 17.7 Å². The zero-order chi connectivity index (χ0) is 18.6. The van der Waals surface area contributed by atoms with E-state index in [2.05, 4.69) is 10.6 Å². The molecule has 0 aliphatic heterocycles. The molecular formula is C21H23N3O2. The second-order valence-corrected chi connectivity index (χ2v) is 5.71. The maximum atomic E-state index is 12.1. The molecule has 0 aliphatic rings. The molecule has 0 radical (unpaired) electrons. The molecule has 134 valence electrons. The number of nitrogens with zero attached hydrogens (tertiary/aromatic N) is 1. The van der Waals surface area contributed by atoms with Crippen LogP contribution in [-0.4, -0.2) is 26.1 Å². The standard InChI is InChI=1S/C21H23N3O2/c1-26-20-9-7-18(8-10-20)12-14-24-21(25)19(15-22)16-23-13-11-17-5-3-2-4-6-17/h2-10,16,23H,11-14H2,1H3,(H,24,25)/b19-16-. The average molecular weight is 349 g/mol. The third kappa shape index (κ3) is 6.33. The highest BCUT2D eigenvalue weighted by molar-refractivity contribution is 5.97. The Morgan fingerprint density at radius 2 is 1.69 bits per heavy atom. The Labute approximate surface area is 154 Å². The Morgan fingerprint density at radius 3 is 2.35 bits per heavy atom. The second-order valence-electron chi connectivity index (χ2n) is 5.71. The predicted octanol–water partition coefficient (Wildman–Crippen LogP) is 2.59. The summed E-state index contributed by atoms with van der Waals surface area (Å²) in [5, 5.41) is 14.9. The van der Waals surface area contributed by atoms with Gasteiger partial charge in [-0.2, -0.15) is 5.26 Å². The first kappa shape index (κ1) is 19.1. The summed E-state index contributed by atoms with van der Waals surface area (Å²) in [5.41, 5.74) is 2.37. The molecule has 0 fully saturated rings. The summed E-state index contributed by atoms with van der Waals surface area (Å²) in [5.74, 6) is 0.433. The van der Waals surface area contributed by atoms with Crippen molar-refractivity contribution in [3.05, 3.63) is 77.5 Å². The zero-order valence-corrected chi connectivity index (χ0v) is 14.9. The number of methoxy groups -OCH3 is 1. The minimum absolute atomic E-state index is 0.0767. The van der Waals surface area contributed by atoms with Crippen molar-refractivity contribution in [1.29, 1.82) is 5.26 Å². The van der Waals surface area contributed by atoms with E-state index in [0.29, 0.717) is 19.5 Å². The molecule has 5 heteroatoms. The van der Waals surface area contributed by atoms with Crippen molar-refractivity contribution in [2.45, 2.75) is 12.8 Å². The Bertz CT molecular complexity index is 762. The molecule has 0 spiro atoms. The van der Waals surface area contributed by atoms with E-state index < -0.39 is 0 Å². The molecule has 0 atom stereocenters. The summed E-state index contributed by atoms with van der Waals surface area (Å²) >= 11 is 0. The fraction of sp³-hybridized carbons (Fsp3) is 0.238. The van der Waals surface area contributed by atoms with Gasteiger partial charge in [-0.05, 0) is 36.1 Å². The fourth-order valence-corrected chi connectivity index (χ4v) is 2.39. The SMILES string of the molecule is COc1ccc(CCNC(=O)/C(C#N)=C\NCCc2ccccc2)cc1. The number of amides is 1. The van der Waals surface area contributed by atoms with Crippen molar-refractivity contribution in [3.8, 4) is 11.8 Å². The summed E-state index contributed by atoms with van der Waals surface area (Å²) in [6.07, 6.45) is 3.00. The molecule has 0 aliphatic carbocycles. The van der Waals surface area contributed by atoms with Crippen LogP contribution >= 0.6 is 0 Å². The summed E-state index contributed by atoms with van der Waals surface area (Å²) in [6.45, 7) is 1.13. The Hall–Kier alpha value is -3.26. The number of hydrogen-bond donors (Lipinski definition) is 2. The molecule has 1 amide bonds. The minimum atomic E-state index is -0.367. The minimum Gasteiger partial charge on any atom is -0.497 e. The lowest BCUT2D eigenvalue weighted by Gasteiger charge is -2.06. The van der Waals surface area contributed by atoms with Crippen molar-refractivity contribution in [3.63, 3.8) is 0 Å². The summed E-state index contributed by atoms with van der Waals surface area (Å²) in [7, 11) is 1.62. The monoisotopic (exact) mass is 349 g/mol. The van der Waals surface area contributed by atoms with E-state index >= 15 is 0 Å². The van der Waals surface area contributed by atoms with Gasteiger partial charge in [-0.15, -0.1) is 0 Å². The Kier molecular flexibility index (Phi) is 7.75. The topological polar surface area (TPSA) is 74.1 Å². The number of hydrogen-bond acceptors (Lipinski definition) is 4. The summed E-state index contributed by atoms with van der Waals surface area (Å²) < 4.78 is 5.11. The first-order chi connectivity index (χ1) is 12.7. The van der Waals surface area contributed by atoms with E-state index in [-0.39, 0.29) is 11.5 Å². The van der Waals surface area contributed by atoms with Crippen LogP contribution in [0.1, 0.15) is 11.1 Å². The molecule has 0 aromatic heterocycles. The number of benzene rings is 2. The molecule has 0 saturated heterocycles. The molecule has 0 heterocycles.